The fourth-order valence-corrected chi connectivity index (χ4v) is 2.95. The van der Waals surface area contributed by atoms with E-state index < -0.39 is 0 Å². The van der Waals surface area contributed by atoms with Crippen molar-refractivity contribution in [2.45, 2.75) is 19.5 Å². The maximum Gasteiger partial charge on any atom is 0.123 e. The Hall–Kier alpha value is -0.840. The molecular weight excluding hydrogens is 310 g/mol. The minimum absolute atomic E-state index is 0.355. The molecule has 96 valence electrons. The highest BCUT2D eigenvalue weighted by atomic mass is 79.9. The number of benzene rings is 1. The molecule has 2 aromatic rings. The molecule has 0 aliphatic rings. The second-order valence-electron chi connectivity index (χ2n) is 4.07. The Morgan fingerprint density at radius 1 is 1.39 bits per heavy atom. The molecule has 1 heterocycles. The molecule has 1 N–H and O–H groups in total. The van der Waals surface area contributed by atoms with Crippen LogP contribution in [0.2, 0.25) is 0 Å². The van der Waals surface area contributed by atoms with Gasteiger partial charge in [-0.1, -0.05) is 22.0 Å². The van der Waals surface area contributed by atoms with E-state index >= 15 is 0 Å². The smallest absolute Gasteiger partial charge is 0.123 e. The average Bonchev–Trinajstić information content (AvgIpc) is 2.90. The monoisotopic (exact) mass is 325 g/mol. The summed E-state index contributed by atoms with van der Waals surface area (Å²) in [5.74, 6) is 0.920. The van der Waals surface area contributed by atoms with Crippen LogP contribution in [0.3, 0.4) is 0 Å². The number of halogens is 1. The van der Waals surface area contributed by atoms with E-state index in [9.17, 15) is 0 Å². The highest BCUT2D eigenvalue weighted by Gasteiger charge is 2.08. The lowest BCUT2D eigenvalue weighted by Gasteiger charge is -2.14. The normalized spacial score (nSPS) is 12.4. The first-order chi connectivity index (χ1) is 8.70. The molecule has 0 saturated carbocycles. The summed E-state index contributed by atoms with van der Waals surface area (Å²) >= 11 is 5.27. The van der Waals surface area contributed by atoms with Crippen LogP contribution in [0.15, 0.2) is 40.2 Å². The zero-order valence-electron chi connectivity index (χ0n) is 10.4. The molecular formula is C14H16BrNOS. The average molecular weight is 326 g/mol. The van der Waals surface area contributed by atoms with Gasteiger partial charge < -0.3 is 10.1 Å². The molecule has 1 aromatic heterocycles. The molecule has 0 aliphatic carbocycles. The Balaban J connectivity index is 2.03. The molecule has 2 rings (SSSR count). The highest BCUT2D eigenvalue weighted by molar-refractivity contribution is 9.10. The third-order valence-corrected chi connectivity index (χ3v) is 4.36. The number of hydrogen-bond acceptors (Lipinski definition) is 3. The lowest BCUT2D eigenvalue weighted by atomic mass is 10.2. The Kier molecular flexibility index (Phi) is 4.80. The van der Waals surface area contributed by atoms with Crippen LogP contribution in [-0.4, -0.2) is 7.11 Å². The quantitative estimate of drug-likeness (QED) is 0.881. The van der Waals surface area contributed by atoms with Crippen molar-refractivity contribution in [2.24, 2.45) is 0 Å². The first kappa shape index (κ1) is 13.6. The van der Waals surface area contributed by atoms with Gasteiger partial charge in [-0.2, -0.15) is 0 Å². The standard InChI is InChI=1S/C14H16BrNOS/c1-10(14-4-3-7-18-14)16-9-11-8-12(15)5-6-13(11)17-2/h3-8,10,16H,9H2,1-2H3/t10-/m1/s1. The first-order valence-electron chi connectivity index (χ1n) is 5.80. The molecule has 0 radical (unpaired) electrons. The molecule has 0 saturated heterocycles. The predicted octanol–water partition coefficient (Wildman–Crippen LogP) is 4.37. The minimum Gasteiger partial charge on any atom is -0.496 e. The summed E-state index contributed by atoms with van der Waals surface area (Å²) in [7, 11) is 1.70. The SMILES string of the molecule is COc1ccc(Br)cc1CN[C@H](C)c1cccs1. The van der Waals surface area contributed by atoms with Crippen LogP contribution in [0, 0.1) is 0 Å². The highest BCUT2D eigenvalue weighted by Crippen LogP contribution is 2.24. The van der Waals surface area contributed by atoms with Gasteiger partial charge in [0, 0.05) is 27.5 Å². The second kappa shape index (κ2) is 6.36. The van der Waals surface area contributed by atoms with Gasteiger partial charge in [-0.25, -0.2) is 0 Å². The summed E-state index contributed by atoms with van der Waals surface area (Å²) in [6, 6.07) is 10.7. The molecule has 0 bridgehead atoms. The van der Waals surface area contributed by atoms with Crippen LogP contribution in [0.5, 0.6) is 5.75 Å². The van der Waals surface area contributed by atoms with E-state index in [1.807, 2.05) is 12.1 Å². The zero-order valence-corrected chi connectivity index (χ0v) is 12.8. The van der Waals surface area contributed by atoms with E-state index in [2.05, 4.69) is 51.7 Å². The number of hydrogen-bond donors (Lipinski definition) is 1. The number of nitrogens with one attached hydrogen (secondary N) is 1. The lowest BCUT2D eigenvalue weighted by molar-refractivity contribution is 0.406. The molecule has 1 aromatic carbocycles. The molecule has 18 heavy (non-hydrogen) atoms. The second-order valence-corrected chi connectivity index (χ2v) is 5.97. The van der Waals surface area contributed by atoms with Crippen LogP contribution < -0.4 is 10.1 Å². The van der Waals surface area contributed by atoms with Crippen LogP contribution in [0.4, 0.5) is 0 Å². The maximum absolute atomic E-state index is 5.37. The van der Waals surface area contributed by atoms with Crippen LogP contribution in [0.25, 0.3) is 0 Å². The topological polar surface area (TPSA) is 21.3 Å². The van der Waals surface area contributed by atoms with E-state index in [1.54, 1.807) is 18.4 Å². The summed E-state index contributed by atoms with van der Waals surface area (Å²) in [5.41, 5.74) is 1.16. The van der Waals surface area contributed by atoms with Gasteiger partial charge >= 0.3 is 0 Å². The van der Waals surface area contributed by atoms with Gasteiger partial charge in [0.15, 0.2) is 0 Å². The van der Waals surface area contributed by atoms with Crippen LogP contribution in [-0.2, 0) is 6.54 Å². The molecule has 2 nitrogen and oxygen atoms in total. The van der Waals surface area contributed by atoms with Crippen molar-refractivity contribution in [3.63, 3.8) is 0 Å². The first-order valence-corrected chi connectivity index (χ1v) is 7.47. The Morgan fingerprint density at radius 3 is 2.89 bits per heavy atom. The summed E-state index contributed by atoms with van der Waals surface area (Å²) in [6.45, 7) is 2.97. The Bertz CT molecular complexity index is 499. The van der Waals surface area contributed by atoms with Gasteiger partial charge in [-0.3, -0.25) is 0 Å². The Morgan fingerprint density at radius 2 is 2.22 bits per heavy atom. The lowest BCUT2D eigenvalue weighted by Crippen LogP contribution is -2.17. The fourth-order valence-electron chi connectivity index (χ4n) is 1.79. The third kappa shape index (κ3) is 3.34. The van der Waals surface area contributed by atoms with Crippen LogP contribution in [0.1, 0.15) is 23.4 Å². The summed E-state index contributed by atoms with van der Waals surface area (Å²) in [5, 5.41) is 5.62. The zero-order chi connectivity index (χ0) is 13.0. The number of rotatable bonds is 5. The maximum atomic E-state index is 5.37. The predicted molar refractivity (Wildman–Crippen MR) is 80.3 cm³/mol. The van der Waals surface area contributed by atoms with Gasteiger partial charge in [0.1, 0.15) is 5.75 Å². The van der Waals surface area contributed by atoms with E-state index in [0.29, 0.717) is 6.04 Å². The Labute approximate surface area is 120 Å². The molecule has 1 atom stereocenters. The van der Waals surface area contributed by atoms with Crippen molar-refractivity contribution in [2.75, 3.05) is 7.11 Å². The van der Waals surface area contributed by atoms with E-state index in [-0.39, 0.29) is 0 Å². The van der Waals surface area contributed by atoms with E-state index in [4.69, 9.17) is 4.74 Å². The summed E-state index contributed by atoms with van der Waals surface area (Å²) in [4.78, 5) is 1.35. The third-order valence-electron chi connectivity index (χ3n) is 2.81. The largest absolute Gasteiger partial charge is 0.496 e. The van der Waals surface area contributed by atoms with Crippen molar-refractivity contribution in [1.82, 2.24) is 5.32 Å². The van der Waals surface area contributed by atoms with E-state index in [0.717, 1.165) is 22.3 Å². The fraction of sp³-hybridized carbons (Fsp3) is 0.286. The molecule has 0 fully saturated rings. The van der Waals surface area contributed by atoms with Gasteiger partial charge in [-0.15, -0.1) is 11.3 Å². The van der Waals surface area contributed by atoms with Crippen molar-refractivity contribution in [3.05, 3.63) is 50.6 Å². The molecule has 0 unspecified atom stereocenters. The molecule has 0 spiro atoms. The number of thiophene rings is 1. The van der Waals surface area contributed by atoms with Crippen molar-refractivity contribution in [1.29, 1.82) is 0 Å². The molecule has 0 amide bonds. The van der Waals surface area contributed by atoms with Crippen LogP contribution >= 0.6 is 27.3 Å². The van der Waals surface area contributed by atoms with Gasteiger partial charge in [0.25, 0.3) is 0 Å². The number of methoxy groups -OCH3 is 1. The van der Waals surface area contributed by atoms with Gasteiger partial charge in [-0.05, 0) is 36.6 Å². The van der Waals surface area contributed by atoms with Crippen molar-refractivity contribution < 1.29 is 4.74 Å². The van der Waals surface area contributed by atoms with Gasteiger partial charge in [0.05, 0.1) is 7.11 Å². The minimum atomic E-state index is 0.355. The summed E-state index contributed by atoms with van der Waals surface area (Å²) < 4.78 is 6.44. The number of ether oxygens (including phenoxy) is 1. The summed E-state index contributed by atoms with van der Waals surface area (Å²) in [6.07, 6.45) is 0. The van der Waals surface area contributed by atoms with Crippen molar-refractivity contribution in [3.8, 4) is 5.75 Å². The molecule has 0 aliphatic heterocycles. The van der Waals surface area contributed by atoms with Crippen molar-refractivity contribution >= 4 is 27.3 Å². The molecule has 4 heteroatoms. The van der Waals surface area contributed by atoms with E-state index in [1.165, 1.54) is 4.88 Å². The van der Waals surface area contributed by atoms with Gasteiger partial charge in [0.2, 0.25) is 0 Å².